The van der Waals surface area contributed by atoms with Crippen LogP contribution in [0, 0.1) is 5.82 Å². The second-order valence-electron chi connectivity index (χ2n) is 4.09. The maximum absolute atomic E-state index is 13.0. The van der Waals surface area contributed by atoms with Crippen molar-refractivity contribution in [2.45, 2.75) is 6.54 Å². The summed E-state index contributed by atoms with van der Waals surface area (Å²) in [6, 6.07) is 12.7. The third-order valence-electron chi connectivity index (χ3n) is 2.72. The second kappa shape index (κ2) is 5.15. The summed E-state index contributed by atoms with van der Waals surface area (Å²) in [6.07, 6.45) is 0. The van der Waals surface area contributed by atoms with E-state index in [9.17, 15) is 4.39 Å². The summed E-state index contributed by atoms with van der Waals surface area (Å²) in [5.74, 6) is -0.398. The van der Waals surface area contributed by atoms with Crippen LogP contribution in [-0.4, -0.2) is 4.98 Å². The number of nitrogens with one attached hydrogen (secondary N) is 1. The molecule has 3 aromatic rings. The normalized spacial score (nSPS) is 10.8. The number of rotatable bonds is 3. The Morgan fingerprint density at radius 3 is 2.84 bits per heavy atom. The van der Waals surface area contributed by atoms with Gasteiger partial charge in [0.25, 0.3) is 0 Å². The fourth-order valence-electron chi connectivity index (χ4n) is 1.78. The molecule has 0 spiro atoms. The van der Waals surface area contributed by atoms with E-state index in [2.05, 4.69) is 10.3 Å². The number of hydrogen-bond acceptors (Lipinski definition) is 3. The Bertz CT molecular complexity index is 693. The molecule has 96 valence electrons. The molecule has 19 heavy (non-hydrogen) atoms. The summed E-state index contributed by atoms with van der Waals surface area (Å²) < 4.78 is 14.2. The molecule has 0 atom stereocenters. The number of benzene rings is 2. The maximum Gasteiger partial charge on any atom is 0.184 e. The molecule has 0 saturated carbocycles. The molecule has 0 aliphatic rings. The molecule has 0 unspecified atom stereocenters. The standard InChI is InChI=1S/C14H10ClFN2S/c15-10-7-9(5-6-11(10)16)8-17-14-18-12-3-1-2-4-13(12)19-14/h1-7H,8H2,(H,17,18). The fourth-order valence-corrected chi connectivity index (χ4v) is 2.84. The van der Waals surface area contributed by atoms with Crippen LogP contribution in [0.15, 0.2) is 42.5 Å². The highest BCUT2D eigenvalue weighted by Crippen LogP contribution is 2.26. The van der Waals surface area contributed by atoms with Gasteiger partial charge >= 0.3 is 0 Å². The van der Waals surface area contributed by atoms with E-state index in [-0.39, 0.29) is 5.02 Å². The number of thiazole rings is 1. The minimum absolute atomic E-state index is 0.142. The molecule has 0 bridgehead atoms. The summed E-state index contributed by atoms with van der Waals surface area (Å²) in [4.78, 5) is 4.47. The summed E-state index contributed by atoms with van der Waals surface area (Å²) in [6.45, 7) is 0.569. The first-order valence-electron chi connectivity index (χ1n) is 5.76. The van der Waals surface area contributed by atoms with Gasteiger partial charge in [-0.15, -0.1) is 0 Å². The number of fused-ring (bicyclic) bond motifs is 1. The van der Waals surface area contributed by atoms with Crippen molar-refractivity contribution < 1.29 is 4.39 Å². The molecule has 0 saturated heterocycles. The number of hydrogen-bond donors (Lipinski definition) is 1. The zero-order valence-electron chi connectivity index (χ0n) is 9.86. The quantitative estimate of drug-likeness (QED) is 0.757. The molecule has 1 aromatic heterocycles. The molecule has 2 nitrogen and oxygen atoms in total. The molecule has 2 aromatic carbocycles. The molecule has 0 aliphatic heterocycles. The van der Waals surface area contributed by atoms with E-state index in [1.807, 2.05) is 24.3 Å². The number of para-hydroxylation sites is 1. The fraction of sp³-hybridized carbons (Fsp3) is 0.0714. The minimum Gasteiger partial charge on any atom is -0.357 e. The second-order valence-corrected chi connectivity index (χ2v) is 5.53. The van der Waals surface area contributed by atoms with Crippen LogP contribution in [-0.2, 0) is 6.54 Å². The summed E-state index contributed by atoms with van der Waals surface area (Å²) in [5.41, 5.74) is 1.90. The molecule has 0 radical (unpaired) electrons. The maximum atomic E-state index is 13.0. The van der Waals surface area contributed by atoms with Gasteiger partial charge < -0.3 is 5.32 Å². The highest BCUT2D eigenvalue weighted by Gasteiger charge is 2.04. The van der Waals surface area contributed by atoms with Gasteiger partial charge in [0.05, 0.1) is 15.2 Å². The molecule has 5 heteroatoms. The summed E-state index contributed by atoms with van der Waals surface area (Å²) in [5, 5.41) is 4.21. The minimum atomic E-state index is -0.398. The van der Waals surface area contributed by atoms with Crippen LogP contribution in [0.25, 0.3) is 10.2 Å². The van der Waals surface area contributed by atoms with Crippen LogP contribution in [0.4, 0.5) is 9.52 Å². The van der Waals surface area contributed by atoms with E-state index < -0.39 is 5.82 Å². The monoisotopic (exact) mass is 292 g/mol. The number of nitrogens with zero attached hydrogens (tertiary/aromatic N) is 1. The van der Waals surface area contributed by atoms with E-state index in [0.29, 0.717) is 6.54 Å². The van der Waals surface area contributed by atoms with Crippen molar-refractivity contribution in [1.82, 2.24) is 4.98 Å². The number of anilines is 1. The van der Waals surface area contributed by atoms with Crippen molar-refractivity contribution in [2.75, 3.05) is 5.32 Å². The summed E-state index contributed by atoms with van der Waals surface area (Å²) >= 11 is 7.34. The van der Waals surface area contributed by atoms with E-state index in [1.165, 1.54) is 6.07 Å². The van der Waals surface area contributed by atoms with Crippen LogP contribution in [0.1, 0.15) is 5.56 Å². The van der Waals surface area contributed by atoms with Crippen LogP contribution in [0.3, 0.4) is 0 Å². The molecular weight excluding hydrogens is 283 g/mol. The van der Waals surface area contributed by atoms with E-state index >= 15 is 0 Å². The van der Waals surface area contributed by atoms with Gasteiger partial charge in [0, 0.05) is 6.54 Å². The average Bonchev–Trinajstić information content (AvgIpc) is 2.83. The average molecular weight is 293 g/mol. The van der Waals surface area contributed by atoms with Crippen molar-refractivity contribution in [3.63, 3.8) is 0 Å². The molecule has 1 heterocycles. The highest BCUT2D eigenvalue weighted by molar-refractivity contribution is 7.22. The molecule has 0 fully saturated rings. The Morgan fingerprint density at radius 2 is 2.05 bits per heavy atom. The van der Waals surface area contributed by atoms with Gasteiger partial charge in [0.1, 0.15) is 5.82 Å². The Balaban J connectivity index is 1.76. The lowest BCUT2D eigenvalue weighted by Crippen LogP contribution is -1.98. The first kappa shape index (κ1) is 12.4. The first-order valence-corrected chi connectivity index (χ1v) is 6.95. The SMILES string of the molecule is Fc1ccc(CNc2nc3ccccc3s2)cc1Cl. The molecule has 3 rings (SSSR count). The molecule has 0 aliphatic carbocycles. The zero-order valence-corrected chi connectivity index (χ0v) is 11.4. The van der Waals surface area contributed by atoms with Crippen LogP contribution in [0.2, 0.25) is 5.02 Å². The Kier molecular flexibility index (Phi) is 3.36. The van der Waals surface area contributed by atoms with Gasteiger partial charge in [-0.1, -0.05) is 41.1 Å². The largest absolute Gasteiger partial charge is 0.357 e. The third-order valence-corrected chi connectivity index (χ3v) is 4.01. The smallest absolute Gasteiger partial charge is 0.184 e. The molecular formula is C14H10ClFN2S. The third kappa shape index (κ3) is 2.69. The topological polar surface area (TPSA) is 24.9 Å². The Hall–Kier alpha value is -1.65. The zero-order chi connectivity index (χ0) is 13.2. The van der Waals surface area contributed by atoms with Crippen molar-refractivity contribution in [3.8, 4) is 0 Å². The van der Waals surface area contributed by atoms with Crippen molar-refractivity contribution in [3.05, 3.63) is 58.9 Å². The lowest BCUT2D eigenvalue weighted by Gasteiger charge is -2.03. The van der Waals surface area contributed by atoms with Gasteiger partial charge in [-0.2, -0.15) is 0 Å². The summed E-state index contributed by atoms with van der Waals surface area (Å²) in [7, 11) is 0. The number of halogens is 2. The molecule has 1 N–H and O–H groups in total. The van der Waals surface area contributed by atoms with Gasteiger partial charge in [0.15, 0.2) is 5.13 Å². The van der Waals surface area contributed by atoms with Crippen LogP contribution < -0.4 is 5.32 Å². The first-order chi connectivity index (χ1) is 9.22. The Labute approximate surface area is 118 Å². The van der Waals surface area contributed by atoms with E-state index in [4.69, 9.17) is 11.6 Å². The van der Waals surface area contributed by atoms with Crippen LogP contribution >= 0.6 is 22.9 Å². The number of aromatic nitrogens is 1. The van der Waals surface area contributed by atoms with Crippen LogP contribution in [0.5, 0.6) is 0 Å². The van der Waals surface area contributed by atoms with E-state index in [0.717, 1.165) is 20.9 Å². The van der Waals surface area contributed by atoms with Gasteiger partial charge in [0.2, 0.25) is 0 Å². The van der Waals surface area contributed by atoms with Gasteiger partial charge in [-0.25, -0.2) is 9.37 Å². The van der Waals surface area contributed by atoms with Crippen molar-refractivity contribution in [2.24, 2.45) is 0 Å². The molecule has 0 amide bonds. The van der Waals surface area contributed by atoms with Gasteiger partial charge in [-0.05, 0) is 29.8 Å². The lowest BCUT2D eigenvalue weighted by atomic mass is 10.2. The van der Waals surface area contributed by atoms with Crippen molar-refractivity contribution >= 4 is 38.3 Å². The highest BCUT2D eigenvalue weighted by atomic mass is 35.5. The Morgan fingerprint density at radius 1 is 1.21 bits per heavy atom. The van der Waals surface area contributed by atoms with E-state index in [1.54, 1.807) is 23.5 Å². The predicted octanol–water partition coefficient (Wildman–Crippen LogP) is 4.70. The van der Waals surface area contributed by atoms with Gasteiger partial charge in [-0.3, -0.25) is 0 Å². The lowest BCUT2D eigenvalue weighted by molar-refractivity contribution is 0.627. The van der Waals surface area contributed by atoms with Crippen molar-refractivity contribution in [1.29, 1.82) is 0 Å². The predicted molar refractivity (Wildman–Crippen MR) is 78.4 cm³/mol.